The fraction of sp³-hybridized carbons (Fsp3) is 0.250. The highest BCUT2D eigenvalue weighted by Crippen LogP contribution is 2.44. The lowest BCUT2D eigenvalue weighted by Crippen LogP contribution is -2.24. The van der Waals surface area contributed by atoms with Gasteiger partial charge in [0.1, 0.15) is 35.5 Å². The van der Waals surface area contributed by atoms with Crippen LogP contribution in [0.1, 0.15) is 59.3 Å². The standard InChI is InChI=1S/C32H32N2O6/c1-3-4-7-14-34-29(21-13-15-33-26(17-21)39-18-20-9-8-10-22(16-20)38-2)28-27-25(32(36)37)19-40-31(27)24-12-6-5-11-23(24)30(28)35/h5-6,8-13,15-17,19,29,34-35H,3-4,7,14,18H2,1-2H3,(H,36,37). The van der Waals surface area contributed by atoms with Crippen molar-refractivity contribution >= 4 is 27.7 Å². The third-order valence-corrected chi connectivity index (χ3v) is 7.00. The Morgan fingerprint density at radius 2 is 1.90 bits per heavy atom. The number of benzene rings is 3. The number of carboxylic acid groups (broad SMARTS) is 1. The van der Waals surface area contributed by atoms with Crippen LogP contribution in [0.5, 0.6) is 17.4 Å². The van der Waals surface area contributed by atoms with Gasteiger partial charge in [-0.3, -0.25) is 0 Å². The SMILES string of the molecule is CCCCCNC(c1ccnc(OCc2cccc(OC)c2)c1)c1c(O)c2ccccc2c2occ(C(=O)O)c12. The molecule has 0 fully saturated rings. The van der Waals surface area contributed by atoms with Crippen molar-refractivity contribution in [1.29, 1.82) is 0 Å². The summed E-state index contributed by atoms with van der Waals surface area (Å²) in [4.78, 5) is 16.6. The topological polar surface area (TPSA) is 114 Å². The van der Waals surface area contributed by atoms with Crippen LogP contribution in [0.25, 0.3) is 21.7 Å². The number of nitrogens with one attached hydrogen (secondary N) is 1. The van der Waals surface area contributed by atoms with Gasteiger partial charge in [-0.05, 0) is 42.3 Å². The number of rotatable bonds is 12. The lowest BCUT2D eigenvalue weighted by Gasteiger charge is -2.23. The highest BCUT2D eigenvalue weighted by atomic mass is 16.5. The first-order valence-electron chi connectivity index (χ1n) is 13.3. The van der Waals surface area contributed by atoms with E-state index in [-0.39, 0.29) is 11.3 Å². The van der Waals surface area contributed by atoms with Gasteiger partial charge in [-0.25, -0.2) is 9.78 Å². The molecule has 1 unspecified atom stereocenters. The molecular weight excluding hydrogens is 508 g/mol. The van der Waals surface area contributed by atoms with Gasteiger partial charge in [0, 0.05) is 34.0 Å². The first kappa shape index (κ1) is 27.0. The molecule has 0 aliphatic carbocycles. The van der Waals surface area contributed by atoms with Crippen LogP contribution in [-0.4, -0.2) is 34.8 Å². The Bertz CT molecular complexity index is 1640. The minimum absolute atomic E-state index is 0.00466. The van der Waals surface area contributed by atoms with E-state index < -0.39 is 12.0 Å². The molecule has 40 heavy (non-hydrogen) atoms. The molecule has 8 heteroatoms. The first-order valence-corrected chi connectivity index (χ1v) is 13.3. The molecule has 1 atom stereocenters. The number of carbonyl (C=O) groups is 1. The third-order valence-electron chi connectivity index (χ3n) is 7.00. The average molecular weight is 541 g/mol. The summed E-state index contributed by atoms with van der Waals surface area (Å²) in [7, 11) is 1.62. The van der Waals surface area contributed by atoms with Crippen molar-refractivity contribution in [2.24, 2.45) is 0 Å². The highest BCUT2D eigenvalue weighted by molar-refractivity contribution is 6.15. The Labute approximate surface area is 232 Å². The van der Waals surface area contributed by atoms with Crippen molar-refractivity contribution in [3.63, 3.8) is 0 Å². The summed E-state index contributed by atoms with van der Waals surface area (Å²) in [6.07, 6.45) is 5.91. The van der Waals surface area contributed by atoms with Gasteiger partial charge >= 0.3 is 5.97 Å². The van der Waals surface area contributed by atoms with E-state index in [1.165, 1.54) is 6.26 Å². The van der Waals surface area contributed by atoms with Crippen LogP contribution in [-0.2, 0) is 6.61 Å². The summed E-state index contributed by atoms with van der Waals surface area (Å²) in [5.74, 6) is 0.0271. The Kier molecular flexibility index (Phi) is 8.17. The van der Waals surface area contributed by atoms with E-state index in [9.17, 15) is 15.0 Å². The Balaban J connectivity index is 1.60. The monoisotopic (exact) mass is 540 g/mol. The van der Waals surface area contributed by atoms with Crippen LogP contribution in [0.4, 0.5) is 0 Å². The van der Waals surface area contributed by atoms with Gasteiger partial charge < -0.3 is 29.4 Å². The number of hydrogen-bond donors (Lipinski definition) is 3. The van der Waals surface area contributed by atoms with Crippen LogP contribution in [0.2, 0.25) is 0 Å². The molecule has 0 spiro atoms. The molecule has 5 aromatic rings. The molecule has 0 aliphatic heterocycles. The first-order chi connectivity index (χ1) is 19.5. The number of hydrogen-bond acceptors (Lipinski definition) is 7. The van der Waals surface area contributed by atoms with Crippen molar-refractivity contribution < 1.29 is 28.9 Å². The molecule has 2 aromatic heterocycles. The van der Waals surface area contributed by atoms with Crippen molar-refractivity contribution in [2.45, 2.75) is 38.8 Å². The second-order valence-electron chi connectivity index (χ2n) is 9.63. The van der Waals surface area contributed by atoms with Crippen molar-refractivity contribution in [2.75, 3.05) is 13.7 Å². The van der Waals surface area contributed by atoms with Gasteiger partial charge in [0.25, 0.3) is 0 Å². The summed E-state index contributed by atoms with van der Waals surface area (Å²) in [5.41, 5.74) is 2.57. The van der Waals surface area contributed by atoms with E-state index in [4.69, 9.17) is 13.9 Å². The number of phenols is 1. The molecule has 5 rings (SSSR count). The van der Waals surface area contributed by atoms with Crippen molar-refractivity contribution in [3.05, 3.63) is 95.4 Å². The second-order valence-corrected chi connectivity index (χ2v) is 9.63. The number of methoxy groups -OCH3 is 1. The van der Waals surface area contributed by atoms with Crippen LogP contribution in [0, 0.1) is 0 Å². The second kappa shape index (κ2) is 12.1. The van der Waals surface area contributed by atoms with Gasteiger partial charge in [-0.2, -0.15) is 0 Å². The highest BCUT2D eigenvalue weighted by Gasteiger charge is 2.28. The zero-order valence-electron chi connectivity index (χ0n) is 22.5. The maximum atomic E-state index is 12.3. The summed E-state index contributed by atoms with van der Waals surface area (Å²) < 4.78 is 17.1. The maximum Gasteiger partial charge on any atom is 0.339 e. The lowest BCUT2D eigenvalue weighted by atomic mass is 9.90. The predicted octanol–water partition coefficient (Wildman–Crippen LogP) is 6.84. The zero-order chi connectivity index (χ0) is 28.1. The molecule has 2 heterocycles. The van der Waals surface area contributed by atoms with Crippen LogP contribution in [0.15, 0.2) is 77.5 Å². The van der Waals surface area contributed by atoms with E-state index in [2.05, 4.69) is 17.2 Å². The lowest BCUT2D eigenvalue weighted by molar-refractivity contribution is 0.0698. The van der Waals surface area contributed by atoms with E-state index >= 15 is 0 Å². The largest absolute Gasteiger partial charge is 0.507 e. The molecule has 0 amide bonds. The van der Waals surface area contributed by atoms with Gasteiger partial charge in [-0.15, -0.1) is 0 Å². The van der Waals surface area contributed by atoms with Crippen LogP contribution in [0.3, 0.4) is 0 Å². The Morgan fingerprint density at radius 1 is 1.07 bits per heavy atom. The van der Waals surface area contributed by atoms with Crippen molar-refractivity contribution in [1.82, 2.24) is 10.3 Å². The molecule has 3 N–H and O–H groups in total. The Hall–Kier alpha value is -4.56. The van der Waals surface area contributed by atoms with Crippen molar-refractivity contribution in [3.8, 4) is 17.4 Å². The summed E-state index contributed by atoms with van der Waals surface area (Å²) in [5, 5.41) is 26.8. The van der Waals surface area contributed by atoms with Gasteiger partial charge in [-0.1, -0.05) is 56.2 Å². The molecule has 3 aromatic carbocycles. The smallest absolute Gasteiger partial charge is 0.339 e. The minimum atomic E-state index is -1.13. The zero-order valence-corrected chi connectivity index (χ0v) is 22.5. The third kappa shape index (κ3) is 5.44. The predicted molar refractivity (Wildman–Crippen MR) is 153 cm³/mol. The van der Waals surface area contributed by atoms with E-state index in [1.807, 2.05) is 54.6 Å². The quantitative estimate of drug-likeness (QED) is 0.147. The maximum absolute atomic E-state index is 12.3. The van der Waals surface area contributed by atoms with Crippen LogP contribution >= 0.6 is 0 Å². The average Bonchev–Trinajstić information content (AvgIpc) is 3.43. The van der Waals surface area contributed by atoms with E-state index in [1.54, 1.807) is 19.4 Å². The molecule has 8 nitrogen and oxygen atoms in total. The number of aromatic nitrogens is 1. The number of fused-ring (bicyclic) bond motifs is 3. The van der Waals surface area contributed by atoms with Gasteiger partial charge in [0.2, 0.25) is 5.88 Å². The van der Waals surface area contributed by atoms with Gasteiger partial charge in [0.05, 0.1) is 13.2 Å². The number of pyridine rings is 1. The number of aromatic carboxylic acids is 1. The summed E-state index contributed by atoms with van der Waals surface area (Å²) in [6, 6.07) is 18.0. The summed E-state index contributed by atoms with van der Waals surface area (Å²) in [6.45, 7) is 3.09. The molecule has 0 radical (unpaired) electrons. The Morgan fingerprint density at radius 3 is 2.67 bits per heavy atom. The number of furan rings is 1. The fourth-order valence-electron chi connectivity index (χ4n) is 5.02. The summed E-state index contributed by atoms with van der Waals surface area (Å²) >= 11 is 0. The van der Waals surface area contributed by atoms with E-state index in [0.29, 0.717) is 46.3 Å². The number of aromatic hydroxyl groups is 1. The number of phenolic OH excluding ortho intramolecular Hbond substituents is 1. The number of carboxylic acids is 1. The number of ether oxygens (including phenoxy) is 2. The van der Waals surface area contributed by atoms with E-state index in [0.717, 1.165) is 36.1 Å². The molecule has 0 aliphatic rings. The number of nitrogens with zero attached hydrogens (tertiary/aromatic N) is 1. The normalized spacial score (nSPS) is 12.1. The molecule has 0 saturated heterocycles. The molecular formula is C32H32N2O6. The van der Waals surface area contributed by atoms with Crippen LogP contribution < -0.4 is 14.8 Å². The molecule has 206 valence electrons. The fourth-order valence-corrected chi connectivity index (χ4v) is 5.02. The van der Waals surface area contributed by atoms with Gasteiger partial charge in [0.15, 0.2) is 0 Å². The minimum Gasteiger partial charge on any atom is -0.507 e. The molecule has 0 saturated carbocycles. The molecule has 0 bridgehead atoms. The number of unbranched alkanes of at least 4 members (excludes halogenated alkanes) is 2.